The van der Waals surface area contributed by atoms with Gasteiger partial charge in [-0.1, -0.05) is 18.2 Å². The van der Waals surface area contributed by atoms with Crippen LogP contribution < -0.4 is 9.64 Å². The van der Waals surface area contributed by atoms with Crippen molar-refractivity contribution in [3.63, 3.8) is 0 Å². The number of hydrogen-bond acceptors (Lipinski definition) is 3. The SMILES string of the molecule is C[C@H]1CCc2c(ccc(-n3cc(Br)cn3)c2Oc2ccccc2)N1C(=O)C1CC1. The number of rotatable bonds is 4. The van der Waals surface area contributed by atoms with Crippen molar-refractivity contribution in [1.29, 1.82) is 0 Å². The fourth-order valence-corrected chi connectivity index (χ4v) is 4.27. The predicted octanol–water partition coefficient (Wildman–Crippen LogP) is 5.50. The van der Waals surface area contributed by atoms with Crippen LogP contribution in [0.2, 0.25) is 0 Å². The zero-order valence-corrected chi connectivity index (χ0v) is 17.8. The van der Waals surface area contributed by atoms with Crippen LogP contribution >= 0.6 is 15.9 Å². The number of halogens is 1. The lowest BCUT2D eigenvalue weighted by Gasteiger charge is -2.36. The molecule has 0 bridgehead atoms. The predicted molar refractivity (Wildman–Crippen MR) is 116 cm³/mol. The molecule has 0 unspecified atom stereocenters. The zero-order chi connectivity index (χ0) is 20.0. The van der Waals surface area contributed by atoms with Gasteiger partial charge < -0.3 is 9.64 Å². The number of hydrogen-bond donors (Lipinski definition) is 0. The number of carbonyl (C=O) groups excluding carboxylic acids is 1. The van der Waals surface area contributed by atoms with Crippen LogP contribution in [0.15, 0.2) is 59.3 Å². The fraction of sp³-hybridized carbons (Fsp3) is 0.304. The zero-order valence-electron chi connectivity index (χ0n) is 16.2. The number of nitrogens with zero attached hydrogens (tertiary/aromatic N) is 3. The summed E-state index contributed by atoms with van der Waals surface area (Å²) < 4.78 is 9.11. The van der Waals surface area contributed by atoms with E-state index in [1.54, 1.807) is 6.20 Å². The maximum atomic E-state index is 13.0. The highest BCUT2D eigenvalue weighted by atomic mass is 79.9. The second-order valence-electron chi connectivity index (χ2n) is 7.80. The first kappa shape index (κ1) is 18.4. The molecule has 5 rings (SSSR count). The topological polar surface area (TPSA) is 47.4 Å². The normalized spacial score (nSPS) is 18.4. The first-order valence-corrected chi connectivity index (χ1v) is 10.8. The number of fused-ring (bicyclic) bond motifs is 1. The molecule has 1 saturated carbocycles. The first-order chi connectivity index (χ1) is 14.1. The molecule has 6 heteroatoms. The lowest BCUT2D eigenvalue weighted by atomic mass is 9.94. The average molecular weight is 452 g/mol. The minimum atomic E-state index is 0.184. The number of carbonyl (C=O) groups is 1. The number of anilines is 1. The third kappa shape index (κ3) is 3.46. The highest BCUT2D eigenvalue weighted by Crippen LogP contribution is 2.44. The van der Waals surface area contributed by atoms with Crippen molar-refractivity contribution < 1.29 is 9.53 Å². The van der Waals surface area contributed by atoms with Gasteiger partial charge >= 0.3 is 0 Å². The Kier molecular flexibility index (Phi) is 4.66. The lowest BCUT2D eigenvalue weighted by Crippen LogP contribution is -2.43. The molecule has 3 aromatic rings. The van der Waals surface area contributed by atoms with E-state index < -0.39 is 0 Å². The summed E-state index contributed by atoms with van der Waals surface area (Å²) in [6.45, 7) is 2.14. The second kappa shape index (κ2) is 7.34. The average Bonchev–Trinajstić information content (AvgIpc) is 3.49. The van der Waals surface area contributed by atoms with Gasteiger partial charge in [-0.2, -0.15) is 5.10 Å². The van der Waals surface area contributed by atoms with E-state index in [1.165, 1.54) is 0 Å². The monoisotopic (exact) mass is 451 g/mol. The Bertz CT molecular complexity index is 1060. The molecule has 1 aromatic heterocycles. The van der Waals surface area contributed by atoms with Crippen LogP contribution in [0.5, 0.6) is 11.5 Å². The number of benzene rings is 2. The van der Waals surface area contributed by atoms with Crippen molar-refractivity contribution in [1.82, 2.24) is 9.78 Å². The summed E-state index contributed by atoms with van der Waals surface area (Å²) in [5.41, 5.74) is 2.92. The molecule has 1 aliphatic carbocycles. The van der Waals surface area contributed by atoms with Gasteiger partial charge in [0.05, 0.1) is 16.4 Å². The quantitative estimate of drug-likeness (QED) is 0.525. The highest BCUT2D eigenvalue weighted by molar-refractivity contribution is 9.10. The van der Waals surface area contributed by atoms with Gasteiger partial charge in [-0.15, -0.1) is 0 Å². The fourth-order valence-electron chi connectivity index (χ4n) is 3.99. The van der Waals surface area contributed by atoms with Gasteiger partial charge in [0.25, 0.3) is 0 Å². The molecule has 2 aliphatic rings. The van der Waals surface area contributed by atoms with Gasteiger partial charge in [0.1, 0.15) is 11.4 Å². The molecule has 2 aromatic carbocycles. The smallest absolute Gasteiger partial charge is 0.230 e. The molecule has 1 atom stereocenters. The molecule has 1 aliphatic heterocycles. The van der Waals surface area contributed by atoms with Crippen molar-refractivity contribution in [2.75, 3.05) is 4.90 Å². The molecule has 148 valence electrons. The molecule has 1 amide bonds. The summed E-state index contributed by atoms with van der Waals surface area (Å²) >= 11 is 3.48. The van der Waals surface area contributed by atoms with Gasteiger partial charge in [-0.05, 0) is 72.8 Å². The number of ether oxygens (including phenoxy) is 1. The van der Waals surface area contributed by atoms with Gasteiger partial charge in [0, 0.05) is 23.7 Å². The summed E-state index contributed by atoms with van der Waals surface area (Å²) in [4.78, 5) is 15.0. The molecule has 1 fully saturated rings. The molecule has 0 spiro atoms. The van der Waals surface area contributed by atoms with Crippen molar-refractivity contribution >= 4 is 27.5 Å². The van der Waals surface area contributed by atoms with E-state index in [2.05, 4.69) is 28.0 Å². The Labute approximate surface area is 178 Å². The second-order valence-corrected chi connectivity index (χ2v) is 8.72. The summed E-state index contributed by atoms with van der Waals surface area (Å²) in [7, 11) is 0. The summed E-state index contributed by atoms with van der Waals surface area (Å²) in [5.74, 6) is 1.97. The van der Waals surface area contributed by atoms with Crippen LogP contribution in [0.3, 0.4) is 0 Å². The van der Waals surface area contributed by atoms with E-state index >= 15 is 0 Å². The first-order valence-electron chi connectivity index (χ1n) is 10.0. The summed E-state index contributed by atoms with van der Waals surface area (Å²) in [6, 6.07) is 14.0. The van der Waals surface area contributed by atoms with Crippen LogP contribution in [0.25, 0.3) is 5.69 Å². The Morgan fingerprint density at radius 2 is 1.86 bits per heavy atom. The maximum absolute atomic E-state index is 13.0. The van der Waals surface area contributed by atoms with Crippen LogP contribution in [0, 0.1) is 5.92 Å². The lowest BCUT2D eigenvalue weighted by molar-refractivity contribution is -0.120. The molecule has 5 nitrogen and oxygen atoms in total. The van der Waals surface area contributed by atoms with Crippen molar-refractivity contribution in [2.45, 2.75) is 38.6 Å². The largest absolute Gasteiger partial charge is 0.455 e. The van der Waals surface area contributed by atoms with Crippen molar-refractivity contribution in [3.8, 4) is 17.2 Å². The van der Waals surface area contributed by atoms with Gasteiger partial charge in [0.2, 0.25) is 5.91 Å². The van der Waals surface area contributed by atoms with E-state index in [0.29, 0.717) is 0 Å². The molecule has 2 heterocycles. The molecule has 0 N–H and O–H groups in total. The van der Waals surface area contributed by atoms with E-state index in [-0.39, 0.29) is 17.9 Å². The third-order valence-electron chi connectivity index (χ3n) is 5.65. The summed E-state index contributed by atoms with van der Waals surface area (Å²) in [5, 5.41) is 4.45. The van der Waals surface area contributed by atoms with Crippen LogP contribution in [0.4, 0.5) is 5.69 Å². The van der Waals surface area contributed by atoms with Gasteiger partial charge in [0.15, 0.2) is 5.75 Å². The van der Waals surface area contributed by atoms with Crippen LogP contribution in [-0.2, 0) is 11.2 Å². The molecular formula is C23H22BrN3O2. The van der Waals surface area contributed by atoms with Crippen molar-refractivity contribution in [2.24, 2.45) is 5.92 Å². The van der Waals surface area contributed by atoms with E-state index in [9.17, 15) is 4.79 Å². The van der Waals surface area contributed by atoms with Crippen LogP contribution in [0.1, 0.15) is 31.7 Å². The third-order valence-corrected chi connectivity index (χ3v) is 6.06. The molecule has 0 saturated heterocycles. The standard InChI is InChI=1S/C23H22BrN3O2/c1-15-7-10-19-20(27(15)23(28)16-8-9-16)11-12-21(26-14-17(24)13-25-26)22(19)29-18-5-3-2-4-6-18/h2-6,11-16H,7-10H2,1H3/t15-/m0/s1. The van der Waals surface area contributed by atoms with Gasteiger partial charge in [-0.25, -0.2) is 4.68 Å². The Morgan fingerprint density at radius 1 is 1.10 bits per heavy atom. The van der Waals surface area contributed by atoms with E-state index in [0.717, 1.165) is 58.6 Å². The Morgan fingerprint density at radius 3 is 2.55 bits per heavy atom. The molecule has 29 heavy (non-hydrogen) atoms. The number of aromatic nitrogens is 2. The van der Waals surface area contributed by atoms with Crippen LogP contribution in [-0.4, -0.2) is 21.7 Å². The maximum Gasteiger partial charge on any atom is 0.230 e. The molecule has 0 radical (unpaired) electrons. The van der Waals surface area contributed by atoms with Crippen molar-refractivity contribution in [3.05, 3.63) is 64.9 Å². The van der Waals surface area contributed by atoms with Gasteiger partial charge in [-0.3, -0.25) is 4.79 Å². The Hall–Kier alpha value is -2.60. The van der Waals surface area contributed by atoms with E-state index in [4.69, 9.17) is 4.74 Å². The summed E-state index contributed by atoms with van der Waals surface area (Å²) in [6.07, 6.45) is 7.47. The highest BCUT2D eigenvalue weighted by Gasteiger charge is 2.39. The number of para-hydroxylation sites is 1. The molecular weight excluding hydrogens is 430 g/mol. The Balaban J connectivity index is 1.65. The minimum absolute atomic E-state index is 0.184. The van der Waals surface area contributed by atoms with E-state index in [1.807, 2.05) is 58.2 Å². The number of amides is 1. The minimum Gasteiger partial charge on any atom is -0.455 e.